The van der Waals surface area contributed by atoms with Crippen molar-refractivity contribution in [2.45, 2.75) is 58.1 Å². The van der Waals surface area contributed by atoms with Crippen LogP contribution in [0.1, 0.15) is 46.0 Å². The Labute approximate surface area is 147 Å². The van der Waals surface area contributed by atoms with Crippen LogP contribution in [0.15, 0.2) is 0 Å². The Kier molecular flexibility index (Phi) is 6.53. The van der Waals surface area contributed by atoms with Crippen molar-refractivity contribution in [2.24, 2.45) is 11.8 Å². The first-order valence-corrected chi connectivity index (χ1v) is 9.97. The third-order valence-electron chi connectivity index (χ3n) is 6.29. The molecule has 2 atom stereocenters. The van der Waals surface area contributed by atoms with Gasteiger partial charge in [0.25, 0.3) is 0 Å². The molecule has 0 aromatic heterocycles. The molecule has 0 aliphatic carbocycles. The van der Waals surface area contributed by atoms with Crippen molar-refractivity contribution in [3.8, 4) is 0 Å². The molecule has 0 radical (unpaired) electrons. The number of likely N-dealkylation sites (tertiary alicyclic amines) is 1. The number of ether oxygens (including phenoxy) is 1. The van der Waals surface area contributed by atoms with Gasteiger partial charge in [-0.15, -0.1) is 0 Å². The molecule has 0 spiro atoms. The summed E-state index contributed by atoms with van der Waals surface area (Å²) in [6, 6.07) is 0.641. The Morgan fingerprint density at radius 3 is 2.54 bits per heavy atom. The minimum Gasteiger partial charge on any atom is -0.376 e. The molecule has 0 aromatic rings. The van der Waals surface area contributed by atoms with Gasteiger partial charge in [-0.05, 0) is 57.5 Å². The van der Waals surface area contributed by atoms with E-state index in [1.807, 2.05) is 0 Å². The molecule has 3 aliphatic rings. The number of rotatable bonds is 4. The highest BCUT2D eigenvalue weighted by Crippen LogP contribution is 2.26. The SMILES string of the molecule is CC1CN(C2CCN(C(=O)CC(C)C3CCNCC3)CC2)CCO1. The van der Waals surface area contributed by atoms with Crippen molar-refractivity contribution in [1.82, 2.24) is 15.1 Å². The van der Waals surface area contributed by atoms with E-state index in [4.69, 9.17) is 4.74 Å². The third kappa shape index (κ3) is 4.70. The molecule has 138 valence electrons. The van der Waals surface area contributed by atoms with Gasteiger partial charge >= 0.3 is 0 Å². The van der Waals surface area contributed by atoms with Crippen molar-refractivity contribution < 1.29 is 9.53 Å². The molecule has 5 heteroatoms. The fourth-order valence-electron chi connectivity index (χ4n) is 4.64. The zero-order valence-corrected chi connectivity index (χ0v) is 15.5. The Morgan fingerprint density at radius 2 is 1.88 bits per heavy atom. The number of hydrogen-bond acceptors (Lipinski definition) is 4. The van der Waals surface area contributed by atoms with E-state index in [2.05, 4.69) is 29.0 Å². The monoisotopic (exact) mass is 337 g/mol. The fourth-order valence-corrected chi connectivity index (χ4v) is 4.64. The summed E-state index contributed by atoms with van der Waals surface area (Å²) in [4.78, 5) is 17.4. The predicted molar refractivity (Wildman–Crippen MR) is 96.0 cm³/mol. The van der Waals surface area contributed by atoms with Crippen molar-refractivity contribution in [2.75, 3.05) is 45.9 Å². The number of nitrogens with zero attached hydrogens (tertiary/aromatic N) is 2. The van der Waals surface area contributed by atoms with E-state index >= 15 is 0 Å². The number of amides is 1. The van der Waals surface area contributed by atoms with Crippen LogP contribution >= 0.6 is 0 Å². The van der Waals surface area contributed by atoms with E-state index in [0.717, 1.165) is 71.1 Å². The van der Waals surface area contributed by atoms with Crippen molar-refractivity contribution in [3.05, 3.63) is 0 Å². The highest BCUT2D eigenvalue weighted by molar-refractivity contribution is 5.76. The maximum atomic E-state index is 12.7. The molecule has 0 saturated carbocycles. The summed E-state index contributed by atoms with van der Waals surface area (Å²) in [7, 11) is 0. The lowest BCUT2D eigenvalue weighted by Gasteiger charge is -2.42. The molecule has 3 saturated heterocycles. The average Bonchev–Trinajstić information content (AvgIpc) is 2.62. The van der Waals surface area contributed by atoms with Crippen LogP contribution in [0.2, 0.25) is 0 Å². The lowest BCUT2D eigenvalue weighted by atomic mass is 9.84. The number of hydrogen-bond donors (Lipinski definition) is 1. The number of nitrogens with one attached hydrogen (secondary N) is 1. The minimum atomic E-state index is 0.351. The Hall–Kier alpha value is -0.650. The topological polar surface area (TPSA) is 44.8 Å². The van der Waals surface area contributed by atoms with Crippen LogP contribution in [0.3, 0.4) is 0 Å². The molecule has 0 bridgehead atoms. The second-order valence-electron chi connectivity index (χ2n) is 8.06. The first kappa shape index (κ1) is 18.2. The van der Waals surface area contributed by atoms with E-state index in [0.29, 0.717) is 24.0 Å². The maximum Gasteiger partial charge on any atom is 0.222 e. The van der Waals surface area contributed by atoms with Gasteiger partial charge in [-0.25, -0.2) is 0 Å². The molecule has 2 unspecified atom stereocenters. The number of morpholine rings is 1. The zero-order valence-electron chi connectivity index (χ0n) is 15.5. The quantitative estimate of drug-likeness (QED) is 0.848. The van der Waals surface area contributed by atoms with Gasteiger partial charge in [0, 0.05) is 38.6 Å². The van der Waals surface area contributed by atoms with Gasteiger partial charge in [-0.2, -0.15) is 0 Å². The van der Waals surface area contributed by atoms with Crippen molar-refractivity contribution in [3.63, 3.8) is 0 Å². The minimum absolute atomic E-state index is 0.351. The molecular weight excluding hydrogens is 302 g/mol. The van der Waals surface area contributed by atoms with Crippen LogP contribution in [0.4, 0.5) is 0 Å². The lowest BCUT2D eigenvalue weighted by molar-refractivity contribution is -0.134. The van der Waals surface area contributed by atoms with Crippen LogP contribution < -0.4 is 5.32 Å². The molecule has 3 fully saturated rings. The van der Waals surface area contributed by atoms with Crippen LogP contribution in [-0.4, -0.2) is 73.7 Å². The molecular formula is C19H35N3O2. The summed E-state index contributed by atoms with van der Waals surface area (Å²) in [5.41, 5.74) is 0. The summed E-state index contributed by atoms with van der Waals surface area (Å²) >= 11 is 0. The molecule has 5 nitrogen and oxygen atoms in total. The normalized spacial score (nSPS) is 29.6. The Morgan fingerprint density at radius 1 is 1.17 bits per heavy atom. The highest BCUT2D eigenvalue weighted by Gasteiger charge is 2.30. The van der Waals surface area contributed by atoms with Gasteiger partial charge in [0.1, 0.15) is 0 Å². The van der Waals surface area contributed by atoms with E-state index in [9.17, 15) is 4.79 Å². The summed E-state index contributed by atoms with van der Waals surface area (Å²) in [5.74, 6) is 1.63. The molecule has 1 amide bonds. The predicted octanol–water partition coefficient (Wildman–Crippen LogP) is 1.72. The molecule has 1 N–H and O–H groups in total. The smallest absolute Gasteiger partial charge is 0.222 e. The van der Waals surface area contributed by atoms with Crippen LogP contribution in [-0.2, 0) is 9.53 Å². The lowest BCUT2D eigenvalue weighted by Crippen LogP contribution is -2.52. The van der Waals surface area contributed by atoms with Gasteiger partial charge in [-0.1, -0.05) is 6.92 Å². The summed E-state index contributed by atoms with van der Waals surface area (Å²) < 4.78 is 5.65. The van der Waals surface area contributed by atoms with Gasteiger partial charge < -0.3 is 15.0 Å². The van der Waals surface area contributed by atoms with E-state index in [1.54, 1.807) is 0 Å². The van der Waals surface area contributed by atoms with E-state index in [-0.39, 0.29) is 0 Å². The van der Waals surface area contributed by atoms with Crippen LogP contribution in [0, 0.1) is 11.8 Å². The van der Waals surface area contributed by atoms with Gasteiger partial charge in [0.2, 0.25) is 5.91 Å². The number of carbonyl (C=O) groups is 1. The molecule has 3 rings (SSSR count). The maximum absolute atomic E-state index is 12.7. The summed E-state index contributed by atoms with van der Waals surface area (Å²) in [5, 5.41) is 3.42. The van der Waals surface area contributed by atoms with Gasteiger partial charge in [0.05, 0.1) is 12.7 Å². The summed E-state index contributed by atoms with van der Waals surface area (Å²) in [6.45, 7) is 11.5. The van der Waals surface area contributed by atoms with Gasteiger partial charge in [0.15, 0.2) is 0 Å². The van der Waals surface area contributed by atoms with Crippen molar-refractivity contribution in [1.29, 1.82) is 0 Å². The molecule has 24 heavy (non-hydrogen) atoms. The Bertz CT molecular complexity index is 403. The highest BCUT2D eigenvalue weighted by atomic mass is 16.5. The fraction of sp³-hybridized carbons (Fsp3) is 0.947. The molecule has 3 aliphatic heterocycles. The molecule has 3 heterocycles. The number of piperidine rings is 2. The Balaban J connectivity index is 1.41. The standard InChI is InChI=1S/C19H35N3O2/c1-15(17-3-7-20-8-4-17)13-19(23)21-9-5-18(6-10-21)22-11-12-24-16(2)14-22/h15-18,20H,3-14H2,1-2H3. The first-order valence-electron chi connectivity index (χ1n) is 9.97. The second kappa shape index (κ2) is 8.63. The summed E-state index contributed by atoms with van der Waals surface area (Å²) in [6.07, 6.45) is 5.80. The first-order chi connectivity index (χ1) is 11.6. The second-order valence-corrected chi connectivity index (χ2v) is 8.06. The van der Waals surface area contributed by atoms with Crippen LogP contribution in [0.5, 0.6) is 0 Å². The largest absolute Gasteiger partial charge is 0.376 e. The molecule has 0 aromatic carbocycles. The van der Waals surface area contributed by atoms with Crippen LogP contribution in [0.25, 0.3) is 0 Å². The van der Waals surface area contributed by atoms with E-state index in [1.165, 1.54) is 12.8 Å². The van der Waals surface area contributed by atoms with Crippen molar-refractivity contribution >= 4 is 5.91 Å². The van der Waals surface area contributed by atoms with Gasteiger partial charge in [-0.3, -0.25) is 9.69 Å². The van der Waals surface area contributed by atoms with E-state index < -0.39 is 0 Å². The zero-order chi connectivity index (χ0) is 16.9. The number of carbonyl (C=O) groups excluding carboxylic acids is 1. The third-order valence-corrected chi connectivity index (χ3v) is 6.29. The average molecular weight is 338 g/mol.